The van der Waals surface area contributed by atoms with Crippen LogP contribution in [0.15, 0.2) is 23.7 Å². The Morgan fingerprint density at radius 3 is 2.76 bits per heavy atom. The Hall–Kier alpha value is -1.92. The van der Waals surface area contributed by atoms with Crippen LogP contribution in [0.3, 0.4) is 0 Å². The van der Waals surface area contributed by atoms with E-state index in [-0.39, 0.29) is 5.56 Å². The molecule has 0 aliphatic heterocycles. The van der Waals surface area contributed by atoms with E-state index in [1.165, 1.54) is 4.88 Å². The first-order valence-electron chi connectivity index (χ1n) is 6.49. The lowest BCUT2D eigenvalue weighted by Gasteiger charge is -2.18. The van der Waals surface area contributed by atoms with E-state index in [0.29, 0.717) is 12.3 Å². The molecule has 0 fully saturated rings. The molecule has 0 aliphatic rings. The van der Waals surface area contributed by atoms with Gasteiger partial charge in [-0.25, -0.2) is 9.78 Å². The summed E-state index contributed by atoms with van der Waals surface area (Å²) >= 11 is 1.63. The first-order valence-corrected chi connectivity index (χ1v) is 7.37. The number of hydrogen-bond acceptors (Lipinski definition) is 5. The third-order valence-electron chi connectivity index (χ3n) is 3.23. The van der Waals surface area contributed by atoms with Gasteiger partial charge in [0.2, 0.25) is 0 Å². The highest BCUT2D eigenvalue weighted by Gasteiger charge is 2.12. The van der Waals surface area contributed by atoms with Gasteiger partial charge in [0.25, 0.3) is 0 Å². The van der Waals surface area contributed by atoms with E-state index in [9.17, 15) is 4.79 Å². The molecule has 21 heavy (non-hydrogen) atoms. The van der Waals surface area contributed by atoms with Crippen LogP contribution in [0.5, 0.6) is 5.75 Å². The monoisotopic (exact) mass is 306 g/mol. The number of methoxy groups -OCH3 is 1. The number of aryl methyl sites for hydroxylation is 1. The lowest BCUT2D eigenvalue weighted by molar-refractivity contribution is 0.0696. The highest BCUT2D eigenvalue weighted by Crippen LogP contribution is 2.23. The van der Waals surface area contributed by atoms with Crippen molar-refractivity contribution >= 4 is 17.3 Å². The molecule has 0 saturated carbocycles. The molecule has 0 spiro atoms. The normalized spacial score (nSPS) is 10.9. The maximum absolute atomic E-state index is 11.1. The van der Waals surface area contributed by atoms with Crippen molar-refractivity contribution in [1.82, 2.24) is 9.88 Å². The van der Waals surface area contributed by atoms with Gasteiger partial charge in [-0.05, 0) is 32.2 Å². The van der Waals surface area contributed by atoms with Crippen molar-refractivity contribution in [3.05, 3.63) is 45.4 Å². The summed E-state index contributed by atoms with van der Waals surface area (Å²) < 4.78 is 5.31. The summed E-state index contributed by atoms with van der Waals surface area (Å²) in [5.41, 5.74) is 4.01. The highest BCUT2D eigenvalue weighted by molar-refractivity contribution is 7.09. The Balaban J connectivity index is 2.15. The molecule has 0 bridgehead atoms. The molecule has 0 aliphatic carbocycles. The van der Waals surface area contributed by atoms with E-state index in [1.54, 1.807) is 36.6 Å². The van der Waals surface area contributed by atoms with Crippen LogP contribution in [0.4, 0.5) is 0 Å². The number of aromatic carboxylic acids is 1. The standard InChI is InChI=1S/C15H18N2O3S/c1-10-14(21-9-16-10)8-17(2)7-12-6-11(15(18)19)4-5-13(12)20-3/h4-6,9H,7-8H2,1-3H3,(H,18,19). The Labute approximate surface area is 127 Å². The molecule has 112 valence electrons. The third kappa shape index (κ3) is 3.80. The number of rotatable bonds is 6. The minimum absolute atomic E-state index is 0.271. The number of aromatic nitrogens is 1. The fourth-order valence-electron chi connectivity index (χ4n) is 2.11. The minimum atomic E-state index is -0.931. The average molecular weight is 306 g/mol. The number of carboxylic acid groups (broad SMARTS) is 1. The number of ether oxygens (including phenoxy) is 1. The van der Waals surface area contributed by atoms with Crippen molar-refractivity contribution in [3.63, 3.8) is 0 Å². The molecule has 0 atom stereocenters. The summed E-state index contributed by atoms with van der Waals surface area (Å²) in [5.74, 6) is -0.229. The Morgan fingerprint density at radius 1 is 1.43 bits per heavy atom. The summed E-state index contributed by atoms with van der Waals surface area (Å²) in [4.78, 5) is 18.6. The number of carboxylic acids is 1. The van der Waals surface area contributed by atoms with Crippen LogP contribution in [0.25, 0.3) is 0 Å². The zero-order valence-corrected chi connectivity index (χ0v) is 13.1. The molecule has 2 rings (SSSR count). The average Bonchev–Trinajstić information content (AvgIpc) is 2.84. The minimum Gasteiger partial charge on any atom is -0.496 e. The molecule has 2 aromatic rings. The molecule has 0 amide bonds. The zero-order chi connectivity index (χ0) is 15.4. The fourth-order valence-corrected chi connectivity index (χ4v) is 2.96. The van der Waals surface area contributed by atoms with Gasteiger partial charge < -0.3 is 9.84 Å². The number of thiazole rings is 1. The second-order valence-corrected chi connectivity index (χ2v) is 5.80. The van der Waals surface area contributed by atoms with Crippen molar-refractivity contribution in [3.8, 4) is 5.75 Å². The van der Waals surface area contributed by atoms with Crippen LogP contribution in [-0.4, -0.2) is 35.1 Å². The predicted octanol–water partition coefficient (Wildman–Crippen LogP) is 2.79. The molecule has 5 nitrogen and oxygen atoms in total. The van der Waals surface area contributed by atoms with E-state index in [0.717, 1.165) is 17.8 Å². The fraction of sp³-hybridized carbons (Fsp3) is 0.333. The second-order valence-electron chi connectivity index (χ2n) is 4.87. The lowest BCUT2D eigenvalue weighted by atomic mass is 10.1. The molecule has 0 saturated heterocycles. The van der Waals surface area contributed by atoms with E-state index >= 15 is 0 Å². The molecule has 6 heteroatoms. The summed E-state index contributed by atoms with van der Waals surface area (Å²) in [7, 11) is 3.58. The molecule has 1 aromatic carbocycles. The smallest absolute Gasteiger partial charge is 0.335 e. The van der Waals surface area contributed by atoms with Gasteiger partial charge in [-0.1, -0.05) is 0 Å². The maximum atomic E-state index is 11.1. The lowest BCUT2D eigenvalue weighted by Crippen LogP contribution is -2.18. The summed E-state index contributed by atoms with van der Waals surface area (Å²) in [6, 6.07) is 4.92. The van der Waals surface area contributed by atoms with Crippen LogP contribution < -0.4 is 4.74 Å². The van der Waals surface area contributed by atoms with Gasteiger partial charge >= 0.3 is 5.97 Å². The van der Waals surface area contributed by atoms with Gasteiger partial charge in [0.15, 0.2) is 0 Å². The maximum Gasteiger partial charge on any atom is 0.335 e. The topological polar surface area (TPSA) is 62.7 Å². The van der Waals surface area contributed by atoms with Crippen LogP contribution >= 0.6 is 11.3 Å². The predicted molar refractivity (Wildman–Crippen MR) is 82.0 cm³/mol. The van der Waals surface area contributed by atoms with E-state index in [2.05, 4.69) is 9.88 Å². The SMILES string of the molecule is COc1ccc(C(=O)O)cc1CN(C)Cc1scnc1C. The van der Waals surface area contributed by atoms with Gasteiger partial charge in [0.1, 0.15) is 5.75 Å². The van der Waals surface area contributed by atoms with Gasteiger partial charge in [-0.15, -0.1) is 11.3 Å². The Kier molecular flexibility index (Phi) is 4.93. The van der Waals surface area contributed by atoms with Gasteiger partial charge in [0, 0.05) is 23.5 Å². The van der Waals surface area contributed by atoms with Crippen molar-refractivity contribution in [1.29, 1.82) is 0 Å². The van der Waals surface area contributed by atoms with Gasteiger partial charge in [-0.3, -0.25) is 4.90 Å². The third-order valence-corrected chi connectivity index (χ3v) is 4.15. The van der Waals surface area contributed by atoms with Gasteiger partial charge in [0.05, 0.1) is 23.9 Å². The number of carbonyl (C=O) groups is 1. The molecule has 0 unspecified atom stereocenters. The molecular weight excluding hydrogens is 288 g/mol. The van der Waals surface area contributed by atoms with Crippen molar-refractivity contribution in [2.75, 3.05) is 14.2 Å². The van der Waals surface area contributed by atoms with Crippen LogP contribution in [0.2, 0.25) is 0 Å². The van der Waals surface area contributed by atoms with Crippen LogP contribution in [0.1, 0.15) is 26.5 Å². The Bertz CT molecular complexity index is 640. The number of nitrogens with zero attached hydrogens (tertiary/aromatic N) is 2. The highest BCUT2D eigenvalue weighted by atomic mass is 32.1. The van der Waals surface area contributed by atoms with Gasteiger partial charge in [-0.2, -0.15) is 0 Å². The van der Waals surface area contributed by atoms with Crippen LogP contribution in [0, 0.1) is 6.92 Å². The Morgan fingerprint density at radius 2 is 2.19 bits per heavy atom. The molecule has 1 heterocycles. The van der Waals surface area contributed by atoms with E-state index in [4.69, 9.17) is 9.84 Å². The first kappa shape index (κ1) is 15.5. The van der Waals surface area contributed by atoms with Crippen molar-refractivity contribution in [2.45, 2.75) is 20.0 Å². The number of benzene rings is 1. The molecule has 0 radical (unpaired) electrons. The quantitative estimate of drug-likeness (QED) is 0.889. The molecule has 1 aromatic heterocycles. The van der Waals surface area contributed by atoms with Crippen LogP contribution in [-0.2, 0) is 13.1 Å². The van der Waals surface area contributed by atoms with Crippen molar-refractivity contribution in [2.24, 2.45) is 0 Å². The van der Waals surface area contributed by atoms with E-state index in [1.807, 2.05) is 19.5 Å². The second kappa shape index (κ2) is 6.69. The van der Waals surface area contributed by atoms with Crippen molar-refractivity contribution < 1.29 is 14.6 Å². The number of hydrogen-bond donors (Lipinski definition) is 1. The summed E-state index contributed by atoms with van der Waals surface area (Å²) in [6.07, 6.45) is 0. The van der Waals surface area contributed by atoms with E-state index < -0.39 is 5.97 Å². The summed E-state index contributed by atoms with van der Waals surface area (Å²) in [5, 5.41) is 9.09. The molecule has 1 N–H and O–H groups in total. The largest absolute Gasteiger partial charge is 0.496 e. The first-order chi connectivity index (χ1) is 10.0. The summed E-state index contributed by atoms with van der Waals surface area (Å²) in [6.45, 7) is 3.38. The molecular formula is C15H18N2O3S. The zero-order valence-electron chi connectivity index (χ0n) is 12.3.